The van der Waals surface area contributed by atoms with E-state index in [0.29, 0.717) is 0 Å². The summed E-state index contributed by atoms with van der Waals surface area (Å²) < 4.78 is 72.5. The SMILES string of the molecule is CC1(C)CC(=O)C2=C(C1)N(CCc1ccccc1)C(=O)[C@@]2(NS(=O)(=O)c1ccc(Cl)cc1)C(F)(F)F. The van der Waals surface area contributed by atoms with Crippen LogP contribution in [0.25, 0.3) is 0 Å². The minimum atomic E-state index is -5.43. The van der Waals surface area contributed by atoms with Gasteiger partial charge in [0, 0.05) is 23.7 Å². The summed E-state index contributed by atoms with van der Waals surface area (Å²) in [6.07, 6.45) is -5.46. The Bertz CT molecular complexity index is 1340. The molecule has 2 aliphatic rings. The molecule has 1 aliphatic heterocycles. The van der Waals surface area contributed by atoms with Crippen molar-refractivity contribution in [2.45, 2.75) is 49.7 Å². The van der Waals surface area contributed by atoms with E-state index < -0.39 is 49.3 Å². The third-order valence-corrected chi connectivity index (χ3v) is 8.14. The summed E-state index contributed by atoms with van der Waals surface area (Å²) in [6, 6.07) is 13.3. The van der Waals surface area contributed by atoms with Crippen LogP contribution in [-0.4, -0.2) is 43.3 Å². The number of alkyl halides is 3. The Labute approximate surface area is 212 Å². The first-order valence-electron chi connectivity index (χ1n) is 11.2. The van der Waals surface area contributed by atoms with Gasteiger partial charge in [-0.05, 0) is 48.1 Å². The molecule has 1 atom stereocenters. The van der Waals surface area contributed by atoms with Crippen LogP contribution in [0.4, 0.5) is 13.2 Å². The quantitative estimate of drug-likeness (QED) is 0.578. The molecule has 0 saturated heterocycles. The van der Waals surface area contributed by atoms with Crippen molar-refractivity contribution in [1.82, 2.24) is 9.62 Å². The zero-order valence-electron chi connectivity index (χ0n) is 19.5. The smallest absolute Gasteiger partial charge is 0.313 e. The van der Waals surface area contributed by atoms with Gasteiger partial charge in [-0.25, -0.2) is 8.42 Å². The van der Waals surface area contributed by atoms with E-state index >= 15 is 0 Å². The average Bonchev–Trinajstić information content (AvgIpc) is 3.00. The molecule has 1 aliphatic carbocycles. The van der Waals surface area contributed by atoms with Gasteiger partial charge in [-0.2, -0.15) is 17.9 Å². The van der Waals surface area contributed by atoms with Crippen LogP contribution in [0.2, 0.25) is 5.02 Å². The Balaban J connectivity index is 1.85. The second-order valence-electron chi connectivity index (χ2n) is 9.76. The summed E-state index contributed by atoms with van der Waals surface area (Å²) in [7, 11) is -4.89. The van der Waals surface area contributed by atoms with Gasteiger partial charge in [-0.15, -0.1) is 0 Å². The number of amides is 1. The topological polar surface area (TPSA) is 83.6 Å². The molecule has 2 aromatic rings. The Morgan fingerprint density at radius 1 is 1.00 bits per heavy atom. The predicted molar refractivity (Wildman–Crippen MR) is 127 cm³/mol. The van der Waals surface area contributed by atoms with E-state index in [1.54, 1.807) is 48.9 Å². The average molecular weight is 541 g/mol. The fourth-order valence-electron chi connectivity index (χ4n) is 4.79. The lowest BCUT2D eigenvalue weighted by atomic mass is 9.72. The standard InChI is InChI=1S/C25H24ClF3N2O4S/c1-23(2)14-19-21(20(32)15-23)24(25(27,28)29,30-36(34,35)18-10-8-17(26)9-11-18)22(33)31(19)13-12-16-6-4-3-5-7-16/h3-11,30H,12-15H2,1-2H3/t24-/m1/s1. The Morgan fingerprint density at radius 3 is 2.19 bits per heavy atom. The van der Waals surface area contributed by atoms with Crippen molar-refractivity contribution in [3.8, 4) is 0 Å². The summed E-state index contributed by atoms with van der Waals surface area (Å²) in [5, 5.41) is 0.179. The molecular formula is C25H24ClF3N2O4S. The van der Waals surface area contributed by atoms with E-state index in [1.165, 1.54) is 12.1 Å². The van der Waals surface area contributed by atoms with Crippen LogP contribution in [0.1, 0.15) is 32.3 Å². The van der Waals surface area contributed by atoms with Gasteiger partial charge < -0.3 is 4.90 Å². The van der Waals surface area contributed by atoms with E-state index in [2.05, 4.69) is 0 Å². The van der Waals surface area contributed by atoms with Crippen LogP contribution >= 0.6 is 11.6 Å². The second-order valence-corrected chi connectivity index (χ2v) is 11.9. The zero-order chi connectivity index (χ0) is 26.5. The van der Waals surface area contributed by atoms with Crippen molar-refractivity contribution in [3.63, 3.8) is 0 Å². The maximum atomic E-state index is 14.9. The fourth-order valence-corrected chi connectivity index (χ4v) is 6.23. The normalized spacial score (nSPS) is 22.2. The minimum Gasteiger partial charge on any atom is -0.313 e. The molecule has 6 nitrogen and oxygen atoms in total. The minimum absolute atomic E-state index is 0.00903. The fraction of sp³-hybridized carbons (Fsp3) is 0.360. The number of hydrogen-bond acceptors (Lipinski definition) is 4. The molecule has 0 saturated carbocycles. The molecule has 0 radical (unpaired) electrons. The van der Waals surface area contributed by atoms with E-state index in [-0.39, 0.29) is 36.5 Å². The summed E-state index contributed by atoms with van der Waals surface area (Å²) >= 11 is 5.79. The Kier molecular flexibility index (Phi) is 6.60. The number of nitrogens with one attached hydrogen (secondary N) is 1. The predicted octanol–water partition coefficient (Wildman–Crippen LogP) is 4.65. The molecule has 1 N–H and O–H groups in total. The monoisotopic (exact) mass is 540 g/mol. The number of Topliss-reactive ketones (excluding diaryl/α,β-unsaturated/α-hetero) is 1. The molecule has 11 heteroatoms. The number of hydrogen-bond donors (Lipinski definition) is 1. The van der Waals surface area contributed by atoms with Gasteiger partial charge in [0.1, 0.15) is 0 Å². The highest BCUT2D eigenvalue weighted by Gasteiger charge is 2.72. The number of carbonyl (C=O) groups is 2. The van der Waals surface area contributed by atoms with Gasteiger partial charge in [-0.3, -0.25) is 9.59 Å². The van der Waals surface area contributed by atoms with Gasteiger partial charge in [0.25, 0.3) is 5.91 Å². The lowest BCUT2D eigenvalue weighted by molar-refractivity contribution is -0.188. The van der Waals surface area contributed by atoms with Gasteiger partial charge in [-0.1, -0.05) is 55.8 Å². The molecule has 1 amide bonds. The van der Waals surface area contributed by atoms with E-state index in [9.17, 15) is 31.2 Å². The second kappa shape index (κ2) is 9.00. The van der Waals surface area contributed by atoms with Crippen LogP contribution in [0, 0.1) is 5.41 Å². The Hall–Kier alpha value is -2.69. The van der Waals surface area contributed by atoms with Crippen LogP contribution in [-0.2, 0) is 26.0 Å². The molecule has 0 bridgehead atoms. The van der Waals surface area contributed by atoms with Crippen molar-refractivity contribution in [1.29, 1.82) is 0 Å². The summed E-state index contributed by atoms with van der Waals surface area (Å²) in [5.74, 6) is -2.44. The molecule has 2 aromatic carbocycles. The highest BCUT2D eigenvalue weighted by atomic mass is 35.5. The lowest BCUT2D eigenvalue weighted by Gasteiger charge is -2.35. The molecule has 1 heterocycles. The van der Waals surface area contributed by atoms with E-state index in [0.717, 1.165) is 22.6 Å². The van der Waals surface area contributed by atoms with Crippen LogP contribution in [0.5, 0.6) is 0 Å². The number of benzene rings is 2. The van der Waals surface area contributed by atoms with Gasteiger partial charge in [0.2, 0.25) is 15.6 Å². The maximum Gasteiger partial charge on any atom is 0.421 e. The van der Waals surface area contributed by atoms with Crippen LogP contribution in [0.15, 0.2) is 70.8 Å². The number of nitrogens with zero attached hydrogens (tertiary/aromatic N) is 1. The lowest BCUT2D eigenvalue weighted by Crippen LogP contribution is -2.66. The number of sulfonamides is 1. The number of rotatable bonds is 6. The molecular weight excluding hydrogens is 517 g/mol. The van der Waals surface area contributed by atoms with Crippen molar-refractivity contribution in [3.05, 3.63) is 76.5 Å². The highest BCUT2D eigenvalue weighted by molar-refractivity contribution is 7.89. The first-order valence-corrected chi connectivity index (χ1v) is 13.0. The molecule has 36 heavy (non-hydrogen) atoms. The van der Waals surface area contributed by atoms with Gasteiger partial charge in [0.05, 0.1) is 10.5 Å². The van der Waals surface area contributed by atoms with Crippen molar-refractivity contribution in [2.75, 3.05) is 6.54 Å². The number of halogens is 4. The van der Waals surface area contributed by atoms with Gasteiger partial charge >= 0.3 is 6.18 Å². The third-order valence-electron chi connectivity index (χ3n) is 6.42. The van der Waals surface area contributed by atoms with Crippen molar-refractivity contribution in [2.24, 2.45) is 5.41 Å². The first kappa shape index (κ1) is 26.4. The molecule has 0 spiro atoms. The van der Waals surface area contributed by atoms with Crippen LogP contribution < -0.4 is 4.72 Å². The number of ketones is 1. The van der Waals surface area contributed by atoms with E-state index in [4.69, 9.17) is 11.6 Å². The maximum absolute atomic E-state index is 14.9. The highest BCUT2D eigenvalue weighted by Crippen LogP contribution is 2.52. The first-order chi connectivity index (χ1) is 16.7. The molecule has 192 valence electrons. The Morgan fingerprint density at radius 2 is 1.61 bits per heavy atom. The molecule has 0 aromatic heterocycles. The summed E-state index contributed by atoms with van der Waals surface area (Å²) in [6.45, 7) is 3.30. The molecule has 0 fully saturated rings. The number of carbonyl (C=O) groups excluding carboxylic acids is 2. The number of allylic oxidation sites excluding steroid dienone is 1. The van der Waals surface area contributed by atoms with Gasteiger partial charge in [0.15, 0.2) is 5.78 Å². The third kappa shape index (κ3) is 4.57. The molecule has 0 unspecified atom stereocenters. The largest absolute Gasteiger partial charge is 0.421 e. The van der Waals surface area contributed by atoms with Crippen molar-refractivity contribution >= 4 is 33.3 Å². The van der Waals surface area contributed by atoms with Crippen LogP contribution in [0.3, 0.4) is 0 Å². The zero-order valence-corrected chi connectivity index (χ0v) is 21.1. The molecule has 4 rings (SSSR count). The summed E-state index contributed by atoms with van der Waals surface area (Å²) in [5.41, 5.74) is -4.60. The summed E-state index contributed by atoms with van der Waals surface area (Å²) in [4.78, 5) is 27.3. The van der Waals surface area contributed by atoms with E-state index in [1.807, 2.05) is 0 Å². The van der Waals surface area contributed by atoms with Crippen molar-refractivity contribution < 1.29 is 31.2 Å².